The highest BCUT2D eigenvalue weighted by Gasteiger charge is 2.62. The van der Waals surface area contributed by atoms with E-state index in [9.17, 15) is 0 Å². The molecule has 0 radical (unpaired) electrons. The molecule has 3 aliphatic rings. The highest BCUT2D eigenvalue weighted by atomic mass is 16.5. The SMILES string of the molecule is CC(C)Oc1cccc2c1C13CCCC1(CC2)C(C)NCC3. The molecule has 0 amide bonds. The molecule has 120 valence electrons. The van der Waals surface area contributed by atoms with Crippen LogP contribution in [0.4, 0.5) is 0 Å². The molecule has 1 N–H and O–H groups in total. The summed E-state index contributed by atoms with van der Waals surface area (Å²) in [5, 5.41) is 3.79. The lowest BCUT2D eigenvalue weighted by Crippen LogP contribution is -2.61. The molecule has 1 saturated heterocycles. The fourth-order valence-electron chi connectivity index (χ4n) is 6.01. The van der Waals surface area contributed by atoms with Crippen LogP contribution >= 0.6 is 0 Å². The Morgan fingerprint density at radius 1 is 1.18 bits per heavy atom. The van der Waals surface area contributed by atoms with E-state index in [-0.39, 0.29) is 6.10 Å². The summed E-state index contributed by atoms with van der Waals surface area (Å²) in [7, 11) is 0. The lowest BCUT2D eigenvalue weighted by molar-refractivity contribution is 0.0358. The summed E-state index contributed by atoms with van der Waals surface area (Å²) in [6, 6.07) is 7.39. The van der Waals surface area contributed by atoms with Crippen LogP contribution in [0.15, 0.2) is 18.2 Å². The summed E-state index contributed by atoms with van der Waals surface area (Å²) in [6.45, 7) is 7.87. The first-order chi connectivity index (χ1) is 10.6. The number of nitrogens with one attached hydrogen (secondary N) is 1. The first-order valence-electron chi connectivity index (χ1n) is 9.11. The Hall–Kier alpha value is -1.02. The van der Waals surface area contributed by atoms with E-state index in [4.69, 9.17) is 4.74 Å². The van der Waals surface area contributed by atoms with Crippen LogP contribution in [0.5, 0.6) is 5.75 Å². The smallest absolute Gasteiger partial charge is 0.123 e. The Bertz CT molecular complexity index is 581. The monoisotopic (exact) mass is 299 g/mol. The molecule has 0 spiro atoms. The van der Waals surface area contributed by atoms with Crippen molar-refractivity contribution >= 4 is 0 Å². The minimum atomic E-state index is 0.250. The molecule has 22 heavy (non-hydrogen) atoms. The number of ether oxygens (including phenoxy) is 1. The van der Waals surface area contributed by atoms with Crippen molar-refractivity contribution in [3.05, 3.63) is 29.3 Å². The highest BCUT2D eigenvalue weighted by Crippen LogP contribution is 2.65. The molecule has 2 heteroatoms. The van der Waals surface area contributed by atoms with Gasteiger partial charge in [0.05, 0.1) is 6.10 Å². The molecule has 3 unspecified atom stereocenters. The summed E-state index contributed by atoms with van der Waals surface area (Å²) >= 11 is 0. The van der Waals surface area contributed by atoms with Crippen LogP contribution in [-0.4, -0.2) is 18.7 Å². The fourth-order valence-corrected chi connectivity index (χ4v) is 6.01. The number of aryl methyl sites for hydroxylation is 1. The zero-order valence-corrected chi connectivity index (χ0v) is 14.2. The van der Waals surface area contributed by atoms with Gasteiger partial charge in [0.15, 0.2) is 0 Å². The van der Waals surface area contributed by atoms with Crippen molar-refractivity contribution in [3.63, 3.8) is 0 Å². The van der Waals surface area contributed by atoms with Gasteiger partial charge in [-0.05, 0) is 76.5 Å². The molecule has 1 aromatic rings. The quantitative estimate of drug-likeness (QED) is 0.883. The number of fused-ring (bicyclic) bond motifs is 1. The molecule has 0 aromatic heterocycles. The first kappa shape index (κ1) is 14.6. The molecular formula is C20H29NO. The van der Waals surface area contributed by atoms with Crippen LogP contribution in [0.2, 0.25) is 0 Å². The van der Waals surface area contributed by atoms with Crippen molar-refractivity contribution in [2.24, 2.45) is 5.41 Å². The standard InChI is InChI=1S/C20H29NO/c1-14(2)22-17-7-4-6-16-8-11-19-9-5-10-20(19,18(16)17)12-13-21-15(19)3/h4,6-7,14-15,21H,5,8-13H2,1-3H3. The summed E-state index contributed by atoms with van der Waals surface area (Å²) in [5.41, 5.74) is 3.95. The maximum absolute atomic E-state index is 6.28. The molecule has 1 heterocycles. The number of benzene rings is 1. The minimum absolute atomic E-state index is 0.250. The second-order valence-electron chi connectivity index (χ2n) is 7.97. The molecular weight excluding hydrogens is 270 g/mol. The molecule has 2 aliphatic carbocycles. The zero-order valence-electron chi connectivity index (χ0n) is 14.2. The van der Waals surface area contributed by atoms with Crippen molar-refractivity contribution in [1.82, 2.24) is 5.32 Å². The largest absolute Gasteiger partial charge is 0.491 e. The fraction of sp³-hybridized carbons (Fsp3) is 0.700. The Morgan fingerprint density at radius 2 is 2.05 bits per heavy atom. The van der Waals surface area contributed by atoms with E-state index >= 15 is 0 Å². The normalized spacial score (nSPS) is 36.6. The first-order valence-corrected chi connectivity index (χ1v) is 9.11. The van der Waals surface area contributed by atoms with Gasteiger partial charge in [0.25, 0.3) is 0 Å². The Morgan fingerprint density at radius 3 is 2.86 bits per heavy atom. The van der Waals surface area contributed by atoms with Gasteiger partial charge >= 0.3 is 0 Å². The number of hydrogen-bond acceptors (Lipinski definition) is 2. The maximum Gasteiger partial charge on any atom is 0.123 e. The Balaban J connectivity index is 1.91. The van der Waals surface area contributed by atoms with Crippen molar-refractivity contribution in [3.8, 4) is 5.75 Å². The molecule has 4 rings (SSSR count). The van der Waals surface area contributed by atoms with E-state index in [1.165, 1.54) is 44.3 Å². The molecule has 3 atom stereocenters. The van der Waals surface area contributed by atoms with E-state index in [1.54, 1.807) is 11.1 Å². The van der Waals surface area contributed by atoms with E-state index in [1.807, 2.05) is 0 Å². The van der Waals surface area contributed by atoms with Gasteiger partial charge in [-0.1, -0.05) is 18.6 Å². The van der Waals surface area contributed by atoms with Crippen LogP contribution in [0.25, 0.3) is 0 Å². The Labute approximate surface area is 134 Å². The third-order valence-electron chi connectivity index (χ3n) is 6.80. The van der Waals surface area contributed by atoms with Crippen molar-refractivity contribution in [1.29, 1.82) is 0 Å². The van der Waals surface area contributed by atoms with Gasteiger partial charge in [0.1, 0.15) is 5.75 Å². The van der Waals surface area contributed by atoms with Gasteiger partial charge in [-0.2, -0.15) is 0 Å². The molecule has 1 saturated carbocycles. The summed E-state index contributed by atoms with van der Waals surface area (Å²) < 4.78 is 6.28. The van der Waals surface area contributed by atoms with Crippen molar-refractivity contribution < 1.29 is 4.74 Å². The lowest BCUT2D eigenvalue weighted by atomic mass is 9.50. The predicted molar refractivity (Wildman–Crippen MR) is 90.6 cm³/mol. The average molecular weight is 299 g/mol. The van der Waals surface area contributed by atoms with Crippen LogP contribution < -0.4 is 10.1 Å². The van der Waals surface area contributed by atoms with Crippen molar-refractivity contribution in [2.75, 3.05) is 6.54 Å². The molecule has 0 bridgehead atoms. The number of piperidine rings is 1. The summed E-state index contributed by atoms with van der Waals surface area (Å²) in [4.78, 5) is 0. The average Bonchev–Trinajstić information content (AvgIpc) is 2.88. The van der Waals surface area contributed by atoms with E-state index < -0.39 is 0 Å². The zero-order chi connectivity index (χ0) is 15.4. The third kappa shape index (κ3) is 1.76. The van der Waals surface area contributed by atoms with Gasteiger partial charge < -0.3 is 10.1 Å². The molecule has 2 fully saturated rings. The molecule has 1 aliphatic heterocycles. The summed E-state index contributed by atoms with van der Waals surface area (Å²) in [5.74, 6) is 1.17. The van der Waals surface area contributed by atoms with Gasteiger partial charge in [-0.25, -0.2) is 0 Å². The van der Waals surface area contributed by atoms with Gasteiger partial charge in [-0.3, -0.25) is 0 Å². The van der Waals surface area contributed by atoms with Crippen LogP contribution in [0.1, 0.15) is 64.0 Å². The van der Waals surface area contributed by atoms with E-state index in [0.717, 1.165) is 6.54 Å². The number of rotatable bonds is 2. The molecule has 1 aromatic carbocycles. The van der Waals surface area contributed by atoms with Gasteiger partial charge in [0, 0.05) is 17.0 Å². The third-order valence-corrected chi connectivity index (χ3v) is 6.80. The van der Waals surface area contributed by atoms with Crippen molar-refractivity contribution in [2.45, 2.75) is 76.9 Å². The highest BCUT2D eigenvalue weighted by molar-refractivity contribution is 5.51. The minimum Gasteiger partial charge on any atom is -0.491 e. The van der Waals surface area contributed by atoms with Gasteiger partial charge in [-0.15, -0.1) is 0 Å². The van der Waals surface area contributed by atoms with Crippen LogP contribution in [-0.2, 0) is 11.8 Å². The second-order valence-corrected chi connectivity index (χ2v) is 7.97. The Kier molecular flexibility index (Phi) is 3.30. The number of hydrogen-bond donors (Lipinski definition) is 1. The predicted octanol–water partition coefficient (Wildman–Crippen LogP) is 4.21. The van der Waals surface area contributed by atoms with Gasteiger partial charge in [0.2, 0.25) is 0 Å². The van der Waals surface area contributed by atoms with Crippen LogP contribution in [0, 0.1) is 5.41 Å². The van der Waals surface area contributed by atoms with Crippen LogP contribution in [0.3, 0.4) is 0 Å². The van der Waals surface area contributed by atoms with E-state index in [0.29, 0.717) is 16.9 Å². The van der Waals surface area contributed by atoms with E-state index in [2.05, 4.69) is 44.3 Å². The second kappa shape index (κ2) is 4.99. The topological polar surface area (TPSA) is 21.3 Å². The molecule has 2 nitrogen and oxygen atoms in total. The lowest BCUT2D eigenvalue weighted by Gasteiger charge is -2.57. The maximum atomic E-state index is 6.28. The summed E-state index contributed by atoms with van der Waals surface area (Å²) in [6.07, 6.45) is 8.21.